The molecule has 54 heavy (non-hydrogen) atoms. The molecule has 6 rings (SSSR count). The summed E-state index contributed by atoms with van der Waals surface area (Å²) in [5.74, 6) is 1.24. The standard InChI is InChI=1S/C43H48N6O4S/c1-28(2)29(3)36(24-45-27-50)32-20-39(52-5)37(40(21-32)53-6)26-48-18-16-47(17-19-48)25-31-10-9-11-34-30(4)49(15-14-35(31)34)43(51)33(23-44)22-42-46-38-12-7-8-13-41(38)54-42/h7-13,20-22,24,27,30H,14-19,25-26H2,1-6H3,(H,45,50)/b33-22+,36-24+. The number of methoxy groups -OCH3 is 2. The van der Waals surface area contributed by atoms with Crippen molar-refractivity contribution in [2.75, 3.05) is 46.9 Å². The van der Waals surface area contributed by atoms with Gasteiger partial charge in [0.25, 0.3) is 5.91 Å². The van der Waals surface area contributed by atoms with Crippen LogP contribution in [0.4, 0.5) is 0 Å². The predicted molar refractivity (Wildman–Crippen MR) is 215 cm³/mol. The Kier molecular flexibility index (Phi) is 12.3. The van der Waals surface area contributed by atoms with Crippen LogP contribution in [0, 0.1) is 11.3 Å². The Balaban J connectivity index is 1.11. The fourth-order valence-electron chi connectivity index (χ4n) is 7.40. The third kappa shape index (κ3) is 8.26. The number of ether oxygens (including phenoxy) is 2. The van der Waals surface area contributed by atoms with E-state index in [9.17, 15) is 14.9 Å². The third-order valence-electron chi connectivity index (χ3n) is 10.6. The fourth-order valence-corrected chi connectivity index (χ4v) is 8.31. The summed E-state index contributed by atoms with van der Waals surface area (Å²) in [7, 11) is 3.36. The molecule has 3 aromatic carbocycles. The van der Waals surface area contributed by atoms with E-state index in [0.717, 1.165) is 94.3 Å². The van der Waals surface area contributed by atoms with E-state index < -0.39 is 0 Å². The number of para-hydroxylation sites is 1. The number of rotatable bonds is 12. The Morgan fingerprint density at radius 2 is 1.67 bits per heavy atom. The molecule has 0 aliphatic carbocycles. The zero-order chi connectivity index (χ0) is 38.4. The van der Waals surface area contributed by atoms with E-state index in [0.29, 0.717) is 24.5 Å². The molecule has 1 fully saturated rings. The van der Waals surface area contributed by atoms with Gasteiger partial charge in [0.2, 0.25) is 6.41 Å². The summed E-state index contributed by atoms with van der Waals surface area (Å²) in [6, 6.07) is 20.3. The van der Waals surface area contributed by atoms with Crippen molar-refractivity contribution in [1.29, 1.82) is 5.26 Å². The van der Waals surface area contributed by atoms with Crippen LogP contribution >= 0.6 is 11.3 Å². The van der Waals surface area contributed by atoms with Crippen LogP contribution in [0.3, 0.4) is 0 Å². The molecule has 1 unspecified atom stereocenters. The van der Waals surface area contributed by atoms with Crippen molar-refractivity contribution in [1.82, 2.24) is 25.0 Å². The number of amides is 2. The molecule has 4 aromatic rings. The summed E-state index contributed by atoms with van der Waals surface area (Å²) in [4.78, 5) is 36.2. The first-order valence-corrected chi connectivity index (χ1v) is 19.1. The number of carbonyl (C=O) groups excluding carboxylic acids is 2. The average Bonchev–Trinajstić information content (AvgIpc) is 3.60. The number of nitrogens with one attached hydrogen (secondary N) is 1. The molecule has 2 aliphatic rings. The lowest BCUT2D eigenvalue weighted by atomic mass is 9.89. The summed E-state index contributed by atoms with van der Waals surface area (Å²) in [6.07, 6.45) is 4.76. The van der Waals surface area contributed by atoms with Gasteiger partial charge in [-0.3, -0.25) is 19.4 Å². The Labute approximate surface area is 322 Å². The predicted octanol–water partition coefficient (Wildman–Crippen LogP) is 7.13. The lowest BCUT2D eigenvalue weighted by molar-refractivity contribution is -0.129. The second-order valence-electron chi connectivity index (χ2n) is 14.0. The first-order valence-electron chi connectivity index (χ1n) is 18.3. The van der Waals surface area contributed by atoms with Crippen LogP contribution in [-0.4, -0.2) is 78.9 Å². The van der Waals surface area contributed by atoms with Crippen LogP contribution in [0.1, 0.15) is 66.6 Å². The molecule has 2 amide bonds. The molecule has 0 radical (unpaired) electrons. The van der Waals surface area contributed by atoms with E-state index in [1.807, 2.05) is 62.1 Å². The Hall–Kier alpha value is -5.28. The van der Waals surface area contributed by atoms with E-state index in [2.05, 4.69) is 51.3 Å². The lowest BCUT2D eigenvalue weighted by Gasteiger charge is -2.38. The van der Waals surface area contributed by atoms with Gasteiger partial charge in [-0.2, -0.15) is 5.26 Å². The zero-order valence-electron chi connectivity index (χ0n) is 31.9. The number of piperazine rings is 1. The summed E-state index contributed by atoms with van der Waals surface area (Å²) in [6.45, 7) is 13.9. The highest BCUT2D eigenvalue weighted by Gasteiger charge is 2.31. The lowest BCUT2D eigenvalue weighted by Crippen LogP contribution is -2.45. The average molecular weight is 745 g/mol. The van der Waals surface area contributed by atoms with Crippen LogP contribution in [0.5, 0.6) is 11.5 Å². The molecule has 11 heteroatoms. The molecular weight excluding hydrogens is 697 g/mol. The molecule has 280 valence electrons. The number of benzene rings is 3. The Morgan fingerprint density at radius 3 is 2.30 bits per heavy atom. The monoisotopic (exact) mass is 744 g/mol. The molecule has 1 saturated heterocycles. The van der Waals surface area contributed by atoms with E-state index in [1.54, 1.807) is 26.5 Å². The minimum atomic E-state index is -0.255. The van der Waals surface area contributed by atoms with Crippen molar-refractivity contribution in [2.24, 2.45) is 0 Å². The van der Waals surface area contributed by atoms with Gasteiger partial charge in [-0.05, 0) is 92.3 Å². The molecule has 1 atom stereocenters. The highest BCUT2D eigenvalue weighted by molar-refractivity contribution is 7.19. The number of nitrogens with zero attached hydrogens (tertiary/aromatic N) is 5. The van der Waals surface area contributed by atoms with E-state index in [1.165, 1.54) is 22.5 Å². The zero-order valence-corrected chi connectivity index (χ0v) is 32.8. The third-order valence-corrected chi connectivity index (χ3v) is 11.6. The number of nitriles is 1. The van der Waals surface area contributed by atoms with Gasteiger partial charge in [0.15, 0.2) is 0 Å². The topological polar surface area (TPSA) is 111 Å². The molecule has 0 saturated carbocycles. The number of carbonyl (C=O) groups is 2. The van der Waals surface area contributed by atoms with E-state index >= 15 is 0 Å². The van der Waals surface area contributed by atoms with Crippen molar-refractivity contribution in [2.45, 2.75) is 53.2 Å². The van der Waals surface area contributed by atoms with Crippen molar-refractivity contribution >= 4 is 45.5 Å². The molecule has 1 N–H and O–H groups in total. The maximum absolute atomic E-state index is 13.7. The van der Waals surface area contributed by atoms with Gasteiger partial charge in [-0.1, -0.05) is 35.9 Å². The highest BCUT2D eigenvalue weighted by Crippen LogP contribution is 2.37. The van der Waals surface area contributed by atoms with Crippen LogP contribution < -0.4 is 14.8 Å². The molecule has 0 spiro atoms. The maximum Gasteiger partial charge on any atom is 0.265 e. The SMILES string of the molecule is COc1cc(/C(=C/NC=O)C(C)=C(C)C)cc(OC)c1CN1CCN(Cc2cccc3c2CCN(C(=O)/C(C#N)=C/c2nc4ccccc4s2)C3C)CC1. The van der Waals surface area contributed by atoms with Crippen LogP contribution in [0.25, 0.3) is 21.9 Å². The summed E-state index contributed by atoms with van der Waals surface area (Å²) in [5.41, 5.74) is 9.74. The second-order valence-corrected chi connectivity index (χ2v) is 15.0. The van der Waals surface area contributed by atoms with Gasteiger partial charge in [0.1, 0.15) is 28.1 Å². The number of fused-ring (bicyclic) bond motifs is 2. The second kappa shape index (κ2) is 17.2. The summed E-state index contributed by atoms with van der Waals surface area (Å²) < 4.78 is 12.8. The van der Waals surface area contributed by atoms with Gasteiger partial charge < -0.3 is 19.7 Å². The smallest absolute Gasteiger partial charge is 0.265 e. The molecular formula is C43H48N6O4S. The van der Waals surface area contributed by atoms with Crippen molar-refractivity contribution in [3.05, 3.63) is 110 Å². The molecule has 1 aromatic heterocycles. The molecule has 2 aliphatic heterocycles. The fraction of sp³-hybridized carbons (Fsp3) is 0.349. The van der Waals surface area contributed by atoms with Gasteiger partial charge in [0, 0.05) is 57.6 Å². The number of hydrogen-bond acceptors (Lipinski definition) is 9. The largest absolute Gasteiger partial charge is 0.496 e. The van der Waals surface area contributed by atoms with E-state index in [4.69, 9.17) is 9.47 Å². The van der Waals surface area contributed by atoms with Gasteiger partial charge in [0.05, 0.1) is 36.0 Å². The van der Waals surface area contributed by atoms with Crippen molar-refractivity contribution in [3.8, 4) is 17.6 Å². The molecule has 10 nitrogen and oxygen atoms in total. The van der Waals surface area contributed by atoms with Crippen LogP contribution in [-0.2, 0) is 29.1 Å². The minimum Gasteiger partial charge on any atom is -0.496 e. The maximum atomic E-state index is 13.7. The Morgan fingerprint density at radius 1 is 0.981 bits per heavy atom. The van der Waals surface area contributed by atoms with Gasteiger partial charge >= 0.3 is 0 Å². The number of aromatic nitrogens is 1. The Bertz CT molecular complexity index is 2110. The summed E-state index contributed by atoms with van der Waals surface area (Å²) in [5, 5.41) is 13.3. The highest BCUT2D eigenvalue weighted by atomic mass is 32.1. The quantitative estimate of drug-likeness (QED) is 0.0707. The van der Waals surface area contributed by atoms with Crippen molar-refractivity contribution in [3.63, 3.8) is 0 Å². The molecule has 0 bridgehead atoms. The minimum absolute atomic E-state index is 0.108. The summed E-state index contributed by atoms with van der Waals surface area (Å²) >= 11 is 1.48. The molecule has 3 heterocycles. The normalized spacial score (nSPS) is 16.8. The first-order chi connectivity index (χ1) is 26.1. The number of hydrogen-bond donors (Lipinski definition) is 1. The van der Waals surface area contributed by atoms with Crippen LogP contribution in [0.15, 0.2) is 77.5 Å². The number of allylic oxidation sites excluding steroid dienone is 3. The van der Waals surface area contributed by atoms with Gasteiger partial charge in [-0.15, -0.1) is 11.3 Å². The van der Waals surface area contributed by atoms with Crippen molar-refractivity contribution < 1.29 is 19.1 Å². The van der Waals surface area contributed by atoms with Gasteiger partial charge in [-0.25, -0.2) is 4.98 Å². The number of thiazole rings is 1. The van der Waals surface area contributed by atoms with E-state index in [-0.39, 0.29) is 17.5 Å². The van der Waals surface area contributed by atoms with Crippen LogP contribution in [0.2, 0.25) is 0 Å². The first kappa shape index (κ1) is 38.4.